The first-order valence-corrected chi connectivity index (χ1v) is 9.58. The van der Waals surface area contributed by atoms with E-state index in [9.17, 15) is 13.2 Å². The van der Waals surface area contributed by atoms with Crippen molar-refractivity contribution >= 4 is 27.9 Å². The minimum absolute atomic E-state index is 0.286. The Labute approximate surface area is 125 Å². The number of carbonyl (C=O) groups is 1. The molecule has 6 nitrogen and oxygen atoms in total. The molecule has 2 N–H and O–H groups in total. The van der Waals surface area contributed by atoms with Crippen LogP contribution < -0.4 is 4.72 Å². The Morgan fingerprint density at radius 1 is 1.40 bits per heavy atom. The first-order valence-electron chi connectivity index (χ1n) is 6.75. The molecule has 20 heavy (non-hydrogen) atoms. The Morgan fingerprint density at radius 3 is 2.40 bits per heavy atom. The molecule has 0 amide bonds. The number of rotatable bonds is 7. The van der Waals surface area contributed by atoms with Gasteiger partial charge in [-0.05, 0) is 36.7 Å². The largest absolute Gasteiger partial charge is 0.480 e. The van der Waals surface area contributed by atoms with Crippen LogP contribution in [-0.4, -0.2) is 54.9 Å². The average Bonchev–Trinajstić information content (AvgIpc) is 2.32. The van der Waals surface area contributed by atoms with Gasteiger partial charge in [-0.25, -0.2) is 0 Å². The molecule has 0 aromatic carbocycles. The van der Waals surface area contributed by atoms with E-state index in [4.69, 9.17) is 5.11 Å². The van der Waals surface area contributed by atoms with Crippen molar-refractivity contribution in [1.82, 2.24) is 9.03 Å². The Morgan fingerprint density at radius 2 is 1.95 bits per heavy atom. The van der Waals surface area contributed by atoms with E-state index in [0.717, 1.165) is 6.42 Å². The Hall–Kier alpha value is -0.310. The molecule has 1 heterocycles. The molecule has 118 valence electrons. The average molecular weight is 324 g/mol. The van der Waals surface area contributed by atoms with Gasteiger partial charge in [-0.2, -0.15) is 29.2 Å². The highest BCUT2D eigenvalue weighted by molar-refractivity contribution is 7.98. The van der Waals surface area contributed by atoms with Gasteiger partial charge in [0.25, 0.3) is 10.2 Å². The molecule has 0 radical (unpaired) electrons. The van der Waals surface area contributed by atoms with Crippen molar-refractivity contribution in [2.75, 3.05) is 25.1 Å². The van der Waals surface area contributed by atoms with Gasteiger partial charge in [0.2, 0.25) is 0 Å². The van der Waals surface area contributed by atoms with Crippen molar-refractivity contribution in [1.29, 1.82) is 0 Å². The molecule has 8 heteroatoms. The zero-order chi connectivity index (χ0) is 15.3. The molecule has 1 fully saturated rings. The molecule has 0 aliphatic carbocycles. The summed E-state index contributed by atoms with van der Waals surface area (Å²) in [6.07, 6.45) is 3.15. The van der Waals surface area contributed by atoms with E-state index in [2.05, 4.69) is 4.72 Å². The third-order valence-electron chi connectivity index (χ3n) is 3.38. The number of hydrogen-bond acceptors (Lipinski definition) is 4. The zero-order valence-corrected chi connectivity index (χ0v) is 13.8. The Kier molecular flexibility index (Phi) is 6.77. The molecule has 1 aliphatic rings. The maximum absolute atomic E-state index is 12.3. The summed E-state index contributed by atoms with van der Waals surface area (Å²) in [5.74, 6) is 0.0714. The van der Waals surface area contributed by atoms with Gasteiger partial charge in [-0.1, -0.05) is 13.8 Å². The van der Waals surface area contributed by atoms with Crippen LogP contribution in [0, 0.1) is 11.8 Å². The smallest absolute Gasteiger partial charge is 0.321 e. The van der Waals surface area contributed by atoms with Gasteiger partial charge in [-0.3, -0.25) is 4.79 Å². The molecule has 1 rings (SSSR count). The number of hydrogen-bond donors (Lipinski definition) is 2. The lowest BCUT2D eigenvalue weighted by Gasteiger charge is -2.34. The number of carboxylic acids is 1. The van der Waals surface area contributed by atoms with Gasteiger partial charge < -0.3 is 5.11 Å². The SMILES string of the molecule is CSCCC(NS(=O)(=O)N1CC(C)CC(C)C1)C(=O)O. The number of nitrogens with one attached hydrogen (secondary N) is 1. The monoisotopic (exact) mass is 324 g/mol. The molecule has 3 atom stereocenters. The lowest BCUT2D eigenvalue weighted by Crippen LogP contribution is -2.52. The molecular weight excluding hydrogens is 300 g/mol. The summed E-state index contributed by atoms with van der Waals surface area (Å²) in [7, 11) is -3.73. The van der Waals surface area contributed by atoms with Crippen LogP contribution in [0.3, 0.4) is 0 Å². The first kappa shape index (κ1) is 17.7. The number of thioether (sulfide) groups is 1. The molecule has 0 aromatic heterocycles. The highest BCUT2D eigenvalue weighted by Crippen LogP contribution is 2.22. The lowest BCUT2D eigenvalue weighted by molar-refractivity contribution is -0.139. The first-order chi connectivity index (χ1) is 9.26. The summed E-state index contributed by atoms with van der Waals surface area (Å²) in [4.78, 5) is 11.1. The summed E-state index contributed by atoms with van der Waals surface area (Å²) in [5, 5.41) is 9.11. The van der Waals surface area contributed by atoms with Crippen molar-refractivity contribution in [2.45, 2.75) is 32.7 Å². The van der Waals surface area contributed by atoms with Gasteiger partial charge >= 0.3 is 5.97 Å². The van der Waals surface area contributed by atoms with Gasteiger partial charge in [-0.15, -0.1) is 0 Å². The lowest BCUT2D eigenvalue weighted by atomic mass is 9.94. The van der Waals surface area contributed by atoms with Crippen LogP contribution in [0.15, 0.2) is 0 Å². The van der Waals surface area contributed by atoms with Gasteiger partial charge in [0, 0.05) is 13.1 Å². The molecule has 1 saturated heterocycles. The van der Waals surface area contributed by atoms with Gasteiger partial charge in [0.1, 0.15) is 6.04 Å². The molecule has 0 saturated carbocycles. The second kappa shape index (κ2) is 7.63. The number of nitrogens with zero attached hydrogens (tertiary/aromatic N) is 1. The van der Waals surface area contributed by atoms with Gasteiger partial charge in [0.05, 0.1) is 0 Å². The Bertz CT molecular complexity index is 417. The fourth-order valence-electron chi connectivity index (χ4n) is 2.52. The summed E-state index contributed by atoms with van der Waals surface area (Å²) < 4.78 is 28.3. The number of carboxylic acid groups (broad SMARTS) is 1. The van der Waals surface area contributed by atoms with E-state index in [-0.39, 0.29) is 6.42 Å². The van der Waals surface area contributed by atoms with Crippen LogP contribution in [0.1, 0.15) is 26.7 Å². The second-order valence-electron chi connectivity index (χ2n) is 5.56. The Balaban J connectivity index is 2.73. The summed E-state index contributed by atoms with van der Waals surface area (Å²) in [6.45, 7) is 4.93. The maximum Gasteiger partial charge on any atom is 0.321 e. The zero-order valence-electron chi connectivity index (χ0n) is 12.2. The third kappa shape index (κ3) is 5.23. The molecule has 0 spiro atoms. The highest BCUT2D eigenvalue weighted by atomic mass is 32.2. The van der Waals surface area contributed by atoms with E-state index < -0.39 is 22.2 Å². The predicted molar refractivity (Wildman–Crippen MR) is 81.0 cm³/mol. The minimum atomic E-state index is -3.73. The standard InChI is InChI=1S/C12H24N2O4S2/c1-9-6-10(2)8-14(7-9)20(17,18)13-11(12(15)16)4-5-19-3/h9-11,13H,4-8H2,1-3H3,(H,15,16). The molecule has 3 unspecified atom stereocenters. The summed E-state index contributed by atoms with van der Waals surface area (Å²) in [5.41, 5.74) is 0. The van der Waals surface area contributed by atoms with E-state index >= 15 is 0 Å². The van der Waals surface area contributed by atoms with Crippen molar-refractivity contribution in [3.8, 4) is 0 Å². The highest BCUT2D eigenvalue weighted by Gasteiger charge is 2.33. The minimum Gasteiger partial charge on any atom is -0.480 e. The topological polar surface area (TPSA) is 86.7 Å². The van der Waals surface area contributed by atoms with Crippen LogP contribution in [-0.2, 0) is 15.0 Å². The van der Waals surface area contributed by atoms with E-state index in [1.807, 2.05) is 20.1 Å². The fraction of sp³-hybridized carbons (Fsp3) is 0.917. The third-order valence-corrected chi connectivity index (χ3v) is 5.58. The van der Waals surface area contributed by atoms with Crippen LogP contribution in [0.25, 0.3) is 0 Å². The van der Waals surface area contributed by atoms with Crippen molar-refractivity contribution in [3.63, 3.8) is 0 Å². The molecule has 0 aromatic rings. The van der Waals surface area contributed by atoms with Crippen molar-refractivity contribution in [3.05, 3.63) is 0 Å². The quantitative estimate of drug-likeness (QED) is 0.730. The molecule has 1 aliphatic heterocycles. The van der Waals surface area contributed by atoms with Crippen LogP contribution in [0.5, 0.6) is 0 Å². The fourth-order valence-corrected chi connectivity index (χ4v) is 4.62. The van der Waals surface area contributed by atoms with Crippen LogP contribution in [0.2, 0.25) is 0 Å². The van der Waals surface area contributed by atoms with E-state index in [1.165, 1.54) is 16.1 Å². The maximum atomic E-state index is 12.3. The summed E-state index contributed by atoms with van der Waals surface area (Å²) in [6, 6.07) is -1.06. The number of aliphatic carboxylic acids is 1. The van der Waals surface area contributed by atoms with Crippen LogP contribution >= 0.6 is 11.8 Å². The van der Waals surface area contributed by atoms with Crippen LogP contribution in [0.4, 0.5) is 0 Å². The summed E-state index contributed by atoms with van der Waals surface area (Å²) >= 11 is 1.50. The van der Waals surface area contributed by atoms with Crippen molar-refractivity contribution < 1.29 is 18.3 Å². The second-order valence-corrected chi connectivity index (χ2v) is 8.25. The van der Waals surface area contributed by atoms with Crippen molar-refractivity contribution in [2.24, 2.45) is 11.8 Å². The normalized spacial score (nSPS) is 26.4. The number of piperidine rings is 1. The van der Waals surface area contributed by atoms with E-state index in [1.54, 1.807) is 0 Å². The predicted octanol–water partition coefficient (Wildman–Crippen LogP) is 1.00. The molecular formula is C12H24N2O4S2. The van der Waals surface area contributed by atoms with E-state index in [0.29, 0.717) is 30.7 Å². The molecule has 0 bridgehead atoms. The van der Waals surface area contributed by atoms with Gasteiger partial charge in [0.15, 0.2) is 0 Å².